The Morgan fingerprint density at radius 1 is 0.696 bits per heavy atom. The molecule has 6 atom stereocenters. The van der Waals surface area contributed by atoms with E-state index >= 15 is 0 Å². The molecule has 4 aliphatic rings. The zero-order valence-corrected chi connectivity index (χ0v) is 14.6. The maximum absolute atomic E-state index is 13.4. The van der Waals surface area contributed by atoms with Gasteiger partial charge in [0.1, 0.15) is 22.6 Å². The molecule has 0 radical (unpaired) electrons. The van der Waals surface area contributed by atoms with Gasteiger partial charge in [-0.1, -0.05) is 0 Å². The highest BCUT2D eigenvalue weighted by Crippen LogP contribution is 2.62. The fraction of sp³-hybridized carbons (Fsp3) is 0.882. The summed E-state index contributed by atoms with van der Waals surface area (Å²) in [6, 6.07) is 0. The number of ketones is 2. The molecular formula is C17H24N4O2. The molecule has 0 amide bonds. The van der Waals surface area contributed by atoms with Crippen LogP contribution in [0.1, 0.15) is 48.0 Å². The Bertz CT molecular complexity index is 637. The van der Waals surface area contributed by atoms with Crippen molar-refractivity contribution in [3.05, 3.63) is 0 Å². The van der Waals surface area contributed by atoms with Gasteiger partial charge in [-0.15, -0.1) is 0 Å². The predicted molar refractivity (Wildman–Crippen MR) is 83.3 cm³/mol. The van der Waals surface area contributed by atoms with E-state index in [1.807, 2.05) is 41.5 Å². The molecule has 2 heterocycles. The quantitative estimate of drug-likeness (QED) is 0.688. The van der Waals surface area contributed by atoms with Crippen molar-refractivity contribution in [1.82, 2.24) is 0 Å². The first kappa shape index (κ1) is 15.1. The third-order valence-electron chi connectivity index (χ3n) is 6.77. The number of carbonyl (C=O) groups excluding carboxylic acids is 2. The first-order valence-corrected chi connectivity index (χ1v) is 8.41. The van der Waals surface area contributed by atoms with Crippen LogP contribution in [-0.4, -0.2) is 33.7 Å². The molecule has 6 heteroatoms. The Balaban J connectivity index is 1.91. The SMILES string of the molecule is CC1(C)N=N[C@@]2(C)[C@H]3C[C@@H](C(=O)[C@@H]12)[C@]1(C)N=NC(C)(C)[C@@H]1C3=O. The number of Topliss-reactive ketones (excluding diaryl/α,β-unsaturated/α-hetero) is 2. The molecule has 2 fully saturated rings. The summed E-state index contributed by atoms with van der Waals surface area (Å²) in [5, 5.41) is 17.7. The molecule has 2 saturated carbocycles. The van der Waals surface area contributed by atoms with E-state index in [1.54, 1.807) is 0 Å². The second kappa shape index (κ2) is 3.78. The van der Waals surface area contributed by atoms with Crippen LogP contribution in [-0.2, 0) is 9.59 Å². The van der Waals surface area contributed by atoms with Gasteiger partial charge in [0.25, 0.3) is 0 Å². The van der Waals surface area contributed by atoms with Crippen LogP contribution in [0.25, 0.3) is 0 Å². The molecule has 0 aromatic rings. The summed E-state index contributed by atoms with van der Waals surface area (Å²) in [4.78, 5) is 26.7. The van der Waals surface area contributed by atoms with Crippen LogP contribution in [0.15, 0.2) is 20.5 Å². The predicted octanol–water partition coefficient (Wildman–Crippen LogP) is 3.01. The maximum atomic E-state index is 13.4. The number of carbonyl (C=O) groups is 2. The minimum absolute atomic E-state index is 0.162. The monoisotopic (exact) mass is 316 g/mol. The summed E-state index contributed by atoms with van der Waals surface area (Å²) in [6.45, 7) is 11.6. The van der Waals surface area contributed by atoms with E-state index in [-0.39, 0.29) is 35.2 Å². The van der Waals surface area contributed by atoms with Crippen molar-refractivity contribution in [1.29, 1.82) is 0 Å². The van der Waals surface area contributed by atoms with Crippen LogP contribution in [0.3, 0.4) is 0 Å². The Labute approximate surface area is 136 Å². The summed E-state index contributed by atoms with van der Waals surface area (Å²) in [5.41, 5.74) is -2.54. The van der Waals surface area contributed by atoms with Gasteiger partial charge >= 0.3 is 0 Å². The molecule has 0 saturated heterocycles. The van der Waals surface area contributed by atoms with Gasteiger partial charge in [0.05, 0.1) is 22.9 Å². The van der Waals surface area contributed by atoms with Crippen LogP contribution >= 0.6 is 0 Å². The summed E-state index contributed by atoms with van der Waals surface area (Å²) < 4.78 is 0. The fourth-order valence-electron chi connectivity index (χ4n) is 5.87. The molecule has 2 bridgehead atoms. The number of hydrogen-bond donors (Lipinski definition) is 0. The number of hydrogen-bond acceptors (Lipinski definition) is 6. The minimum atomic E-state index is -0.714. The molecule has 0 aromatic carbocycles. The molecule has 23 heavy (non-hydrogen) atoms. The van der Waals surface area contributed by atoms with Crippen LogP contribution in [0, 0.1) is 23.7 Å². The third kappa shape index (κ3) is 1.50. The molecule has 2 aliphatic heterocycles. The third-order valence-corrected chi connectivity index (χ3v) is 6.77. The first-order chi connectivity index (χ1) is 10.5. The van der Waals surface area contributed by atoms with Crippen molar-refractivity contribution in [3.8, 4) is 0 Å². The molecule has 0 spiro atoms. The van der Waals surface area contributed by atoms with Gasteiger partial charge in [-0.2, -0.15) is 20.5 Å². The van der Waals surface area contributed by atoms with Crippen molar-refractivity contribution in [3.63, 3.8) is 0 Å². The second-order valence-corrected chi connectivity index (χ2v) is 9.17. The van der Waals surface area contributed by atoms with Crippen molar-refractivity contribution in [2.24, 2.45) is 44.1 Å². The van der Waals surface area contributed by atoms with Crippen molar-refractivity contribution in [2.45, 2.75) is 70.1 Å². The topological polar surface area (TPSA) is 83.6 Å². The smallest absolute Gasteiger partial charge is 0.146 e. The molecule has 6 nitrogen and oxygen atoms in total. The zero-order chi connectivity index (χ0) is 17.0. The van der Waals surface area contributed by atoms with Crippen LogP contribution in [0.2, 0.25) is 0 Å². The minimum Gasteiger partial charge on any atom is -0.299 e. The highest BCUT2D eigenvalue weighted by atomic mass is 16.1. The fourth-order valence-corrected chi connectivity index (χ4v) is 5.87. The molecule has 2 aliphatic carbocycles. The van der Waals surface area contributed by atoms with E-state index in [0.717, 1.165) is 0 Å². The lowest BCUT2D eigenvalue weighted by Crippen LogP contribution is -2.68. The molecular weight excluding hydrogens is 292 g/mol. The Kier molecular flexibility index (Phi) is 2.48. The number of nitrogens with zero attached hydrogens (tertiary/aromatic N) is 4. The van der Waals surface area contributed by atoms with E-state index in [4.69, 9.17) is 0 Å². The van der Waals surface area contributed by atoms with Gasteiger partial charge in [0.15, 0.2) is 0 Å². The lowest BCUT2D eigenvalue weighted by molar-refractivity contribution is -0.155. The van der Waals surface area contributed by atoms with Crippen LogP contribution < -0.4 is 0 Å². The molecule has 0 N–H and O–H groups in total. The van der Waals surface area contributed by atoms with Crippen LogP contribution in [0.4, 0.5) is 0 Å². The summed E-state index contributed by atoms with van der Waals surface area (Å²) in [7, 11) is 0. The van der Waals surface area contributed by atoms with Gasteiger partial charge < -0.3 is 0 Å². The average Bonchev–Trinajstić information content (AvgIpc) is 2.82. The van der Waals surface area contributed by atoms with Crippen molar-refractivity contribution < 1.29 is 9.59 Å². The average molecular weight is 316 g/mol. The lowest BCUT2D eigenvalue weighted by atomic mass is 9.47. The van der Waals surface area contributed by atoms with Crippen LogP contribution in [0.5, 0.6) is 0 Å². The van der Waals surface area contributed by atoms with E-state index in [0.29, 0.717) is 6.42 Å². The molecule has 0 aromatic heterocycles. The van der Waals surface area contributed by atoms with E-state index in [9.17, 15) is 9.59 Å². The first-order valence-electron chi connectivity index (χ1n) is 8.41. The molecule has 124 valence electrons. The summed E-state index contributed by atoms with van der Waals surface area (Å²) in [6.07, 6.45) is 0.530. The lowest BCUT2D eigenvalue weighted by Gasteiger charge is -2.54. The Hall–Kier alpha value is -1.46. The number of fused-ring (bicyclic) bond motifs is 6. The van der Waals surface area contributed by atoms with Gasteiger partial charge in [0.2, 0.25) is 0 Å². The van der Waals surface area contributed by atoms with Gasteiger partial charge in [0, 0.05) is 11.8 Å². The highest BCUT2D eigenvalue weighted by Gasteiger charge is 2.73. The number of rotatable bonds is 0. The largest absolute Gasteiger partial charge is 0.299 e. The normalized spacial score (nSPS) is 51.7. The van der Waals surface area contributed by atoms with E-state index in [1.165, 1.54) is 0 Å². The van der Waals surface area contributed by atoms with E-state index < -0.39 is 22.2 Å². The van der Waals surface area contributed by atoms with Gasteiger partial charge in [-0.05, 0) is 48.0 Å². The Morgan fingerprint density at radius 3 is 1.39 bits per heavy atom. The van der Waals surface area contributed by atoms with Gasteiger partial charge in [-0.25, -0.2) is 0 Å². The van der Waals surface area contributed by atoms with Gasteiger partial charge in [-0.3, -0.25) is 9.59 Å². The van der Waals surface area contributed by atoms with E-state index in [2.05, 4.69) is 20.5 Å². The zero-order valence-electron chi connectivity index (χ0n) is 14.6. The standard InChI is InChI=1S/C17H24N4O2/c1-14(2)12-10(22)8-7-9(16(12,5)20-18-14)11(23)13-15(3,4)19-21-17(8,13)6/h8-9,12-13H,7H2,1-6H3/t8-,9-,12-,13-,16-,17-/m0/s1. The second-order valence-electron chi connectivity index (χ2n) is 9.17. The molecule has 0 unspecified atom stereocenters. The van der Waals surface area contributed by atoms with Crippen molar-refractivity contribution >= 4 is 11.6 Å². The van der Waals surface area contributed by atoms with Crippen molar-refractivity contribution in [2.75, 3.05) is 0 Å². The maximum Gasteiger partial charge on any atom is 0.146 e. The summed E-state index contributed by atoms with van der Waals surface area (Å²) >= 11 is 0. The Morgan fingerprint density at radius 2 is 1.04 bits per heavy atom. The molecule has 4 rings (SSSR count). The summed E-state index contributed by atoms with van der Waals surface area (Å²) in [5.74, 6) is -0.896. The number of azo groups is 2. The highest BCUT2D eigenvalue weighted by molar-refractivity contribution is 5.98.